The number of carbonyl (C=O) groups is 2. The van der Waals surface area contributed by atoms with Crippen LogP contribution in [0.15, 0.2) is 102 Å². The number of benzene rings is 4. The Kier molecular flexibility index (Phi) is 11.8. The molecule has 0 unspecified atom stereocenters. The van der Waals surface area contributed by atoms with E-state index in [0.29, 0.717) is 17.0 Å². The third-order valence-corrected chi connectivity index (χ3v) is 10.0. The molecule has 2 atom stereocenters. The molecule has 0 heterocycles. The molecule has 0 bridgehead atoms. The molecule has 0 aliphatic rings. The van der Waals surface area contributed by atoms with Crippen LogP contribution in [0.2, 0.25) is 10.0 Å². The zero-order valence-electron chi connectivity index (χ0n) is 25.8. The van der Waals surface area contributed by atoms with Crippen molar-refractivity contribution in [2.75, 3.05) is 10.8 Å². The lowest BCUT2D eigenvalue weighted by atomic mass is 10.0. The maximum atomic E-state index is 14.5. The largest absolute Gasteiger partial charge is 0.352 e. The molecule has 4 rings (SSSR count). The van der Waals surface area contributed by atoms with Gasteiger partial charge in [-0.05, 0) is 79.9 Å². The van der Waals surface area contributed by atoms with Crippen LogP contribution in [0.1, 0.15) is 37.0 Å². The van der Waals surface area contributed by atoms with Crippen LogP contribution in [0.3, 0.4) is 0 Å². The lowest BCUT2D eigenvalue weighted by molar-refractivity contribution is -0.140. The first kappa shape index (κ1) is 34.9. The molecule has 1 N–H and O–H groups in total. The molecule has 0 spiro atoms. The summed E-state index contributed by atoms with van der Waals surface area (Å²) in [4.78, 5) is 29.7. The standard InChI is InChI=1S/C35H36Cl2FN3O4S/c1-4-25(3)39-35(43)33(20-26-8-6-5-7-9-26)40(22-27-12-13-28(36)21-32(27)37)34(42)23-41(30-16-14-29(38)15-17-30)46(44,45)31-18-10-24(2)11-19-31/h5-19,21,25,33H,4,20,22-23H2,1-3H3,(H,39,43)/t25-,33+/m1/s1. The third kappa shape index (κ3) is 8.87. The van der Waals surface area contributed by atoms with Crippen LogP contribution in [0.5, 0.6) is 0 Å². The lowest BCUT2D eigenvalue weighted by Gasteiger charge is -2.34. The molecule has 0 aliphatic carbocycles. The van der Waals surface area contributed by atoms with Gasteiger partial charge in [0, 0.05) is 29.1 Å². The predicted octanol–water partition coefficient (Wildman–Crippen LogP) is 7.19. The van der Waals surface area contributed by atoms with E-state index in [0.717, 1.165) is 27.6 Å². The summed E-state index contributed by atoms with van der Waals surface area (Å²) in [5, 5.41) is 3.67. The second kappa shape index (κ2) is 15.6. The number of nitrogens with zero attached hydrogens (tertiary/aromatic N) is 2. The van der Waals surface area contributed by atoms with E-state index < -0.39 is 40.2 Å². The second-order valence-electron chi connectivity index (χ2n) is 11.1. The van der Waals surface area contributed by atoms with E-state index in [4.69, 9.17) is 23.2 Å². The zero-order valence-corrected chi connectivity index (χ0v) is 28.1. The topological polar surface area (TPSA) is 86.8 Å². The number of hydrogen-bond donors (Lipinski definition) is 1. The average molecular weight is 685 g/mol. The number of sulfonamides is 1. The van der Waals surface area contributed by atoms with Crippen molar-refractivity contribution in [3.05, 3.63) is 130 Å². The number of rotatable bonds is 13. The number of halogens is 3. The highest BCUT2D eigenvalue weighted by Crippen LogP contribution is 2.27. The smallest absolute Gasteiger partial charge is 0.264 e. The van der Waals surface area contributed by atoms with Crippen molar-refractivity contribution < 1.29 is 22.4 Å². The van der Waals surface area contributed by atoms with Crippen molar-refractivity contribution in [2.45, 2.75) is 57.1 Å². The molecular formula is C35H36Cl2FN3O4S. The van der Waals surface area contributed by atoms with Gasteiger partial charge in [0.25, 0.3) is 10.0 Å². The number of hydrogen-bond acceptors (Lipinski definition) is 4. The fraction of sp³-hybridized carbons (Fsp3) is 0.257. The quantitative estimate of drug-likeness (QED) is 0.162. The molecule has 4 aromatic carbocycles. The van der Waals surface area contributed by atoms with Gasteiger partial charge in [0.05, 0.1) is 10.6 Å². The molecular weight excluding hydrogens is 648 g/mol. The van der Waals surface area contributed by atoms with Gasteiger partial charge < -0.3 is 10.2 Å². The van der Waals surface area contributed by atoms with E-state index in [1.807, 2.05) is 51.1 Å². The molecule has 4 aromatic rings. The lowest BCUT2D eigenvalue weighted by Crippen LogP contribution is -2.54. The van der Waals surface area contributed by atoms with Gasteiger partial charge in [-0.25, -0.2) is 12.8 Å². The van der Waals surface area contributed by atoms with Crippen LogP contribution in [0.25, 0.3) is 0 Å². The van der Waals surface area contributed by atoms with Crippen molar-refractivity contribution in [3.8, 4) is 0 Å². The Morgan fingerprint density at radius 1 is 0.913 bits per heavy atom. The first-order chi connectivity index (χ1) is 21.9. The molecule has 0 radical (unpaired) electrons. The summed E-state index contributed by atoms with van der Waals surface area (Å²) in [6, 6.07) is 23.9. The molecule has 0 saturated heterocycles. The molecule has 46 heavy (non-hydrogen) atoms. The van der Waals surface area contributed by atoms with Crippen LogP contribution < -0.4 is 9.62 Å². The van der Waals surface area contributed by atoms with Crippen molar-refractivity contribution in [2.24, 2.45) is 0 Å². The Bertz CT molecular complexity index is 1760. The number of anilines is 1. The van der Waals surface area contributed by atoms with Crippen molar-refractivity contribution in [1.29, 1.82) is 0 Å². The molecule has 242 valence electrons. The maximum Gasteiger partial charge on any atom is 0.264 e. The highest BCUT2D eigenvalue weighted by Gasteiger charge is 2.35. The highest BCUT2D eigenvalue weighted by atomic mass is 35.5. The van der Waals surface area contributed by atoms with E-state index in [1.165, 1.54) is 29.2 Å². The second-order valence-corrected chi connectivity index (χ2v) is 13.8. The monoisotopic (exact) mass is 683 g/mol. The molecule has 0 aromatic heterocycles. The molecule has 7 nitrogen and oxygen atoms in total. The van der Waals surface area contributed by atoms with Gasteiger partial charge in [-0.3, -0.25) is 13.9 Å². The average Bonchev–Trinajstić information content (AvgIpc) is 3.03. The Morgan fingerprint density at radius 3 is 2.17 bits per heavy atom. The minimum absolute atomic E-state index is 0.0436. The number of aryl methyl sites for hydroxylation is 1. The maximum absolute atomic E-state index is 14.5. The van der Waals surface area contributed by atoms with Gasteiger partial charge in [0.2, 0.25) is 11.8 Å². The van der Waals surface area contributed by atoms with Crippen LogP contribution in [0, 0.1) is 12.7 Å². The molecule has 11 heteroatoms. The van der Waals surface area contributed by atoms with Gasteiger partial charge >= 0.3 is 0 Å². The SMILES string of the molecule is CC[C@@H](C)NC(=O)[C@H](Cc1ccccc1)N(Cc1ccc(Cl)cc1Cl)C(=O)CN(c1ccc(F)cc1)S(=O)(=O)c1ccc(C)cc1. The Hall–Kier alpha value is -3.92. The molecule has 2 amide bonds. The number of nitrogens with one attached hydrogen (secondary N) is 1. The minimum atomic E-state index is -4.31. The van der Waals surface area contributed by atoms with E-state index in [1.54, 1.807) is 30.3 Å². The zero-order chi connectivity index (χ0) is 33.4. The summed E-state index contributed by atoms with van der Waals surface area (Å²) in [6.07, 6.45) is 0.815. The van der Waals surface area contributed by atoms with Gasteiger partial charge in [-0.15, -0.1) is 0 Å². The summed E-state index contributed by atoms with van der Waals surface area (Å²) in [5.74, 6) is -1.62. The van der Waals surface area contributed by atoms with Crippen molar-refractivity contribution in [1.82, 2.24) is 10.2 Å². The van der Waals surface area contributed by atoms with Crippen molar-refractivity contribution >= 4 is 50.7 Å². The summed E-state index contributed by atoms with van der Waals surface area (Å²) in [5.41, 5.74) is 2.26. The first-order valence-corrected chi connectivity index (χ1v) is 17.0. The summed E-state index contributed by atoms with van der Waals surface area (Å²) in [7, 11) is -4.31. The van der Waals surface area contributed by atoms with E-state index in [2.05, 4.69) is 5.32 Å². The minimum Gasteiger partial charge on any atom is -0.352 e. The molecule has 0 saturated carbocycles. The normalized spacial score (nSPS) is 12.7. The number of amides is 2. The summed E-state index contributed by atoms with van der Waals surface area (Å²) >= 11 is 12.7. The van der Waals surface area contributed by atoms with Crippen LogP contribution in [-0.2, 0) is 32.6 Å². The highest BCUT2D eigenvalue weighted by molar-refractivity contribution is 7.92. The fourth-order valence-electron chi connectivity index (χ4n) is 4.80. The molecule has 0 aliphatic heterocycles. The number of carbonyl (C=O) groups excluding carboxylic acids is 2. The van der Waals surface area contributed by atoms with Crippen LogP contribution in [-0.4, -0.2) is 43.8 Å². The fourth-order valence-corrected chi connectivity index (χ4v) is 6.68. The predicted molar refractivity (Wildman–Crippen MR) is 181 cm³/mol. The van der Waals surface area contributed by atoms with E-state index in [-0.39, 0.29) is 34.6 Å². The van der Waals surface area contributed by atoms with Gasteiger partial charge in [0.15, 0.2) is 0 Å². The molecule has 0 fully saturated rings. The van der Waals surface area contributed by atoms with Gasteiger partial charge in [-0.2, -0.15) is 0 Å². The van der Waals surface area contributed by atoms with Crippen LogP contribution >= 0.6 is 23.2 Å². The Morgan fingerprint density at radius 2 is 1.57 bits per heavy atom. The Balaban J connectivity index is 1.82. The van der Waals surface area contributed by atoms with Gasteiger partial charge in [0.1, 0.15) is 18.4 Å². The Labute approximate surface area is 280 Å². The third-order valence-electron chi connectivity index (χ3n) is 7.63. The summed E-state index contributed by atoms with van der Waals surface area (Å²) in [6.45, 7) is 4.85. The van der Waals surface area contributed by atoms with E-state index >= 15 is 0 Å². The van der Waals surface area contributed by atoms with Gasteiger partial charge in [-0.1, -0.05) is 84.2 Å². The van der Waals surface area contributed by atoms with Crippen molar-refractivity contribution in [3.63, 3.8) is 0 Å². The van der Waals surface area contributed by atoms with Crippen LogP contribution in [0.4, 0.5) is 10.1 Å². The summed E-state index contributed by atoms with van der Waals surface area (Å²) < 4.78 is 43.0. The first-order valence-electron chi connectivity index (χ1n) is 14.8. The van der Waals surface area contributed by atoms with E-state index in [9.17, 15) is 22.4 Å².